The number of hydrogen-bond acceptors (Lipinski definition) is 3. The van der Waals surface area contributed by atoms with Gasteiger partial charge in [0, 0.05) is 30.1 Å². The van der Waals surface area contributed by atoms with Gasteiger partial charge in [0.2, 0.25) is 0 Å². The Bertz CT molecular complexity index is 583. The molecule has 5 heteroatoms. The summed E-state index contributed by atoms with van der Waals surface area (Å²) < 4.78 is 0. The van der Waals surface area contributed by atoms with E-state index in [0.717, 1.165) is 31.6 Å². The number of amides is 1. The van der Waals surface area contributed by atoms with Gasteiger partial charge in [0.1, 0.15) is 5.69 Å². The van der Waals surface area contributed by atoms with Crippen molar-refractivity contribution in [2.45, 2.75) is 32.6 Å². The number of H-pyrrole nitrogens is 1. The van der Waals surface area contributed by atoms with E-state index in [1.54, 1.807) is 17.5 Å². The molecule has 0 aliphatic carbocycles. The van der Waals surface area contributed by atoms with Gasteiger partial charge in [0.15, 0.2) is 0 Å². The summed E-state index contributed by atoms with van der Waals surface area (Å²) in [5.74, 6) is 0.491. The summed E-state index contributed by atoms with van der Waals surface area (Å²) >= 11 is 1.78. The minimum atomic E-state index is 0.102. The van der Waals surface area contributed by atoms with E-state index < -0.39 is 0 Å². The van der Waals surface area contributed by atoms with Crippen LogP contribution in [0.2, 0.25) is 0 Å². The van der Waals surface area contributed by atoms with E-state index in [1.165, 1.54) is 9.88 Å². The molecule has 0 saturated carbocycles. The van der Waals surface area contributed by atoms with Crippen molar-refractivity contribution in [2.24, 2.45) is 0 Å². The van der Waals surface area contributed by atoms with Crippen LogP contribution in [0.5, 0.6) is 0 Å². The normalized spacial score (nSPS) is 19.3. The highest BCUT2D eigenvalue weighted by molar-refractivity contribution is 7.11. The minimum Gasteiger partial charge on any atom is -0.357 e. The number of likely N-dealkylation sites (tertiary alicyclic amines) is 1. The summed E-state index contributed by atoms with van der Waals surface area (Å²) in [6, 6.07) is 3.70. The highest BCUT2D eigenvalue weighted by Gasteiger charge is 2.27. The van der Waals surface area contributed by atoms with E-state index in [1.807, 2.05) is 17.0 Å². The molecule has 1 N–H and O–H groups in total. The third-order valence-electron chi connectivity index (χ3n) is 3.93. The molecule has 106 valence electrons. The van der Waals surface area contributed by atoms with Gasteiger partial charge in [-0.2, -0.15) is 0 Å². The Morgan fingerprint density at radius 3 is 3.00 bits per heavy atom. The monoisotopic (exact) mass is 289 g/mol. The summed E-state index contributed by atoms with van der Waals surface area (Å²) in [7, 11) is 0. The molecule has 3 heterocycles. The van der Waals surface area contributed by atoms with Gasteiger partial charge < -0.3 is 9.88 Å². The number of hydrogen-bond donors (Lipinski definition) is 1. The van der Waals surface area contributed by atoms with Crippen molar-refractivity contribution in [2.75, 3.05) is 13.1 Å². The first-order valence-electron chi connectivity index (χ1n) is 7.01. The lowest BCUT2D eigenvalue weighted by molar-refractivity contribution is 0.0702. The predicted molar refractivity (Wildman–Crippen MR) is 80.3 cm³/mol. The van der Waals surface area contributed by atoms with Crippen LogP contribution in [0, 0.1) is 13.8 Å². The lowest BCUT2D eigenvalue weighted by atomic mass is 9.98. The predicted octanol–water partition coefficient (Wildman–Crippen LogP) is 3.11. The van der Waals surface area contributed by atoms with Crippen LogP contribution in [-0.2, 0) is 0 Å². The molecule has 1 aliphatic rings. The molecule has 3 rings (SSSR count). The Hall–Kier alpha value is -1.62. The van der Waals surface area contributed by atoms with Crippen LogP contribution in [-0.4, -0.2) is 33.9 Å². The average molecular weight is 289 g/mol. The molecule has 0 bridgehead atoms. The van der Waals surface area contributed by atoms with Gasteiger partial charge in [-0.3, -0.25) is 4.79 Å². The molecular formula is C15H19N3OS. The van der Waals surface area contributed by atoms with Crippen molar-refractivity contribution < 1.29 is 4.79 Å². The van der Waals surface area contributed by atoms with E-state index in [9.17, 15) is 4.79 Å². The topological polar surface area (TPSA) is 49.0 Å². The van der Waals surface area contributed by atoms with Crippen molar-refractivity contribution in [3.8, 4) is 0 Å². The van der Waals surface area contributed by atoms with Gasteiger partial charge in [-0.1, -0.05) is 0 Å². The van der Waals surface area contributed by atoms with Gasteiger partial charge in [-0.25, -0.2) is 4.98 Å². The molecule has 1 amide bonds. The molecule has 1 unspecified atom stereocenters. The largest absolute Gasteiger partial charge is 0.357 e. The van der Waals surface area contributed by atoms with Gasteiger partial charge in [-0.05, 0) is 38.8 Å². The lowest BCUT2D eigenvalue weighted by Gasteiger charge is -2.31. The van der Waals surface area contributed by atoms with Crippen LogP contribution in [0.15, 0.2) is 18.3 Å². The number of piperidine rings is 1. The second-order valence-electron chi connectivity index (χ2n) is 5.37. The molecule has 0 radical (unpaired) electrons. The Balaban J connectivity index is 1.75. The van der Waals surface area contributed by atoms with Crippen LogP contribution in [0.1, 0.15) is 44.8 Å². The fourth-order valence-corrected chi connectivity index (χ4v) is 3.72. The van der Waals surface area contributed by atoms with Crippen LogP contribution >= 0.6 is 11.3 Å². The third kappa shape index (κ3) is 2.50. The number of nitrogens with zero attached hydrogens (tertiary/aromatic N) is 2. The molecule has 0 spiro atoms. The average Bonchev–Trinajstić information content (AvgIpc) is 3.09. The maximum Gasteiger partial charge on any atom is 0.270 e. The van der Waals surface area contributed by atoms with Crippen LogP contribution in [0.3, 0.4) is 0 Å². The summed E-state index contributed by atoms with van der Waals surface area (Å²) in [6.45, 7) is 5.79. The Labute approximate surface area is 122 Å². The van der Waals surface area contributed by atoms with E-state index in [4.69, 9.17) is 0 Å². The number of rotatable bonds is 2. The van der Waals surface area contributed by atoms with E-state index in [0.29, 0.717) is 11.6 Å². The van der Waals surface area contributed by atoms with Gasteiger partial charge in [0.25, 0.3) is 5.91 Å². The maximum atomic E-state index is 12.4. The van der Waals surface area contributed by atoms with Crippen molar-refractivity contribution >= 4 is 17.2 Å². The first kappa shape index (κ1) is 13.4. The Morgan fingerprint density at radius 2 is 2.35 bits per heavy atom. The smallest absolute Gasteiger partial charge is 0.270 e. The second kappa shape index (κ2) is 5.40. The minimum absolute atomic E-state index is 0.102. The Kier molecular flexibility index (Phi) is 3.61. The van der Waals surface area contributed by atoms with Crippen molar-refractivity contribution in [3.63, 3.8) is 0 Å². The SMILES string of the molecule is Cc1nc(C2CCCN(C(=O)c3ccc[nH]3)C2)sc1C. The standard InChI is InChI=1S/C15H19N3OS/c1-10-11(2)20-14(17-10)12-5-4-8-18(9-12)15(19)13-6-3-7-16-13/h3,6-7,12,16H,4-5,8-9H2,1-2H3. The molecule has 1 fully saturated rings. The molecular weight excluding hydrogens is 270 g/mol. The maximum absolute atomic E-state index is 12.4. The van der Waals surface area contributed by atoms with Crippen LogP contribution in [0.25, 0.3) is 0 Å². The number of carbonyl (C=O) groups excluding carboxylic acids is 1. The van der Waals surface area contributed by atoms with Crippen LogP contribution in [0.4, 0.5) is 0 Å². The van der Waals surface area contributed by atoms with Crippen molar-refractivity contribution in [1.29, 1.82) is 0 Å². The van der Waals surface area contributed by atoms with Crippen molar-refractivity contribution in [1.82, 2.24) is 14.9 Å². The first-order valence-corrected chi connectivity index (χ1v) is 7.83. The highest BCUT2D eigenvalue weighted by Crippen LogP contribution is 2.31. The fraction of sp³-hybridized carbons (Fsp3) is 0.467. The van der Waals surface area contributed by atoms with Crippen molar-refractivity contribution in [3.05, 3.63) is 39.6 Å². The van der Waals surface area contributed by atoms with Gasteiger partial charge >= 0.3 is 0 Å². The number of aromatic nitrogens is 2. The van der Waals surface area contributed by atoms with Crippen LogP contribution < -0.4 is 0 Å². The summed E-state index contributed by atoms with van der Waals surface area (Å²) in [6.07, 6.45) is 3.97. The quantitative estimate of drug-likeness (QED) is 0.923. The van der Waals surface area contributed by atoms with E-state index >= 15 is 0 Å². The van der Waals surface area contributed by atoms with Gasteiger partial charge in [0.05, 0.1) is 10.7 Å². The zero-order valence-corrected chi connectivity index (χ0v) is 12.7. The molecule has 1 aliphatic heterocycles. The number of carbonyl (C=O) groups is 1. The summed E-state index contributed by atoms with van der Waals surface area (Å²) in [5, 5.41) is 1.18. The number of thiazole rings is 1. The molecule has 1 saturated heterocycles. The molecule has 2 aromatic heterocycles. The zero-order valence-electron chi connectivity index (χ0n) is 11.8. The zero-order chi connectivity index (χ0) is 14.1. The highest BCUT2D eigenvalue weighted by atomic mass is 32.1. The number of aryl methyl sites for hydroxylation is 2. The van der Waals surface area contributed by atoms with E-state index in [2.05, 4.69) is 23.8 Å². The van der Waals surface area contributed by atoms with Gasteiger partial charge in [-0.15, -0.1) is 11.3 Å². The second-order valence-corrected chi connectivity index (χ2v) is 6.60. The fourth-order valence-electron chi connectivity index (χ4n) is 2.67. The number of aromatic amines is 1. The first-order chi connectivity index (χ1) is 9.65. The molecule has 2 aromatic rings. The third-order valence-corrected chi connectivity index (χ3v) is 5.17. The molecule has 4 nitrogen and oxygen atoms in total. The molecule has 0 aromatic carbocycles. The number of nitrogens with one attached hydrogen (secondary N) is 1. The Morgan fingerprint density at radius 1 is 1.50 bits per heavy atom. The molecule has 20 heavy (non-hydrogen) atoms. The van der Waals surface area contributed by atoms with E-state index in [-0.39, 0.29) is 5.91 Å². The summed E-state index contributed by atoms with van der Waals surface area (Å²) in [4.78, 5) is 23.3. The lowest BCUT2D eigenvalue weighted by Crippen LogP contribution is -2.39. The summed E-state index contributed by atoms with van der Waals surface area (Å²) in [5.41, 5.74) is 1.80. The molecule has 1 atom stereocenters.